The maximum atomic E-state index is 13.7. The zero-order chi connectivity index (χ0) is 28.5. The molecule has 0 bridgehead atoms. The summed E-state index contributed by atoms with van der Waals surface area (Å²) in [7, 11) is 3.10. The number of ether oxygens (including phenoxy) is 3. The van der Waals surface area contributed by atoms with Gasteiger partial charge >= 0.3 is 5.97 Å². The number of carbonyl (C=O) groups is 2. The number of rotatable bonds is 12. The minimum absolute atomic E-state index is 0.0273. The highest BCUT2D eigenvalue weighted by Crippen LogP contribution is 2.29. The van der Waals surface area contributed by atoms with Crippen LogP contribution in [-0.4, -0.2) is 42.6 Å². The Hall–Kier alpha value is -4.49. The molecule has 0 spiro atoms. The second-order valence-electron chi connectivity index (χ2n) is 9.11. The second kappa shape index (κ2) is 13.5. The van der Waals surface area contributed by atoms with Crippen LogP contribution < -0.4 is 14.2 Å². The first kappa shape index (κ1) is 28.5. The van der Waals surface area contributed by atoms with Crippen LogP contribution in [0.25, 0.3) is 0 Å². The summed E-state index contributed by atoms with van der Waals surface area (Å²) in [4.78, 5) is 27.1. The van der Waals surface area contributed by atoms with E-state index in [9.17, 15) is 14.7 Å². The van der Waals surface area contributed by atoms with Gasteiger partial charge in [-0.1, -0.05) is 54.1 Å². The molecule has 0 atom stereocenters. The molecule has 7 nitrogen and oxygen atoms in total. The van der Waals surface area contributed by atoms with E-state index in [-0.39, 0.29) is 17.2 Å². The number of carboxylic acids is 1. The van der Waals surface area contributed by atoms with Crippen molar-refractivity contribution in [1.82, 2.24) is 4.90 Å². The van der Waals surface area contributed by atoms with Gasteiger partial charge < -0.3 is 24.2 Å². The largest absolute Gasteiger partial charge is 0.497 e. The zero-order valence-corrected chi connectivity index (χ0v) is 23.1. The molecule has 0 unspecified atom stereocenters. The first-order valence-corrected chi connectivity index (χ1v) is 13.1. The summed E-state index contributed by atoms with van der Waals surface area (Å²) in [6, 6.07) is 26.9. The summed E-state index contributed by atoms with van der Waals surface area (Å²) in [5.74, 6) is 0.459. The van der Waals surface area contributed by atoms with E-state index in [2.05, 4.69) is 12.1 Å². The van der Waals surface area contributed by atoms with Gasteiger partial charge in [-0.3, -0.25) is 4.79 Å². The Labute approximate surface area is 238 Å². The first-order chi connectivity index (χ1) is 19.4. The lowest BCUT2D eigenvalue weighted by molar-refractivity contribution is 0.0692. The number of aryl methyl sites for hydroxylation is 1. The van der Waals surface area contributed by atoms with Crippen molar-refractivity contribution in [1.29, 1.82) is 0 Å². The standard InChI is InChI=1S/C32H30ClNO6/c1-38-27-17-24(18-28(20-27)39-2)31(35)34(16-6-9-22-7-4-3-5-8-22)21-23-10-13-26(14-11-23)40-30-15-12-25(33)19-29(30)32(36)37/h3-5,7-8,10-15,17-20H,6,9,16,21H2,1-2H3,(H,36,37). The predicted octanol–water partition coefficient (Wildman–Crippen LogP) is 7.12. The van der Waals surface area contributed by atoms with Gasteiger partial charge in [0.2, 0.25) is 0 Å². The van der Waals surface area contributed by atoms with Gasteiger partial charge in [0.1, 0.15) is 28.6 Å². The molecule has 0 aliphatic heterocycles. The van der Waals surface area contributed by atoms with Gasteiger partial charge in [0.05, 0.1) is 14.2 Å². The van der Waals surface area contributed by atoms with Crippen LogP contribution >= 0.6 is 11.6 Å². The van der Waals surface area contributed by atoms with Crippen molar-refractivity contribution in [2.24, 2.45) is 0 Å². The highest BCUT2D eigenvalue weighted by atomic mass is 35.5. The van der Waals surface area contributed by atoms with E-state index in [0.717, 1.165) is 18.4 Å². The molecule has 0 aliphatic carbocycles. The van der Waals surface area contributed by atoms with E-state index in [4.69, 9.17) is 25.8 Å². The Morgan fingerprint density at radius 1 is 0.800 bits per heavy atom. The second-order valence-corrected chi connectivity index (χ2v) is 9.55. The van der Waals surface area contributed by atoms with Crippen molar-refractivity contribution in [3.63, 3.8) is 0 Å². The molecule has 0 heterocycles. The Morgan fingerprint density at radius 3 is 2.10 bits per heavy atom. The minimum atomic E-state index is -1.13. The number of amides is 1. The fourth-order valence-electron chi connectivity index (χ4n) is 4.25. The van der Waals surface area contributed by atoms with Gasteiger partial charge in [-0.25, -0.2) is 4.79 Å². The van der Waals surface area contributed by atoms with Crippen molar-refractivity contribution in [3.8, 4) is 23.0 Å². The van der Waals surface area contributed by atoms with Gasteiger partial charge in [-0.2, -0.15) is 0 Å². The molecule has 4 aromatic rings. The minimum Gasteiger partial charge on any atom is -0.497 e. The summed E-state index contributed by atoms with van der Waals surface area (Å²) in [6.07, 6.45) is 1.62. The fraction of sp³-hybridized carbons (Fsp3) is 0.188. The Bertz CT molecular complexity index is 1430. The van der Waals surface area contributed by atoms with Gasteiger partial charge in [-0.05, 0) is 66.4 Å². The summed E-state index contributed by atoms with van der Waals surface area (Å²) in [5.41, 5.74) is 2.55. The van der Waals surface area contributed by atoms with Gasteiger partial charge in [0.15, 0.2) is 0 Å². The molecule has 0 saturated heterocycles. The third kappa shape index (κ3) is 7.55. The number of aromatic carboxylic acids is 1. The van der Waals surface area contributed by atoms with Crippen LogP contribution in [0.3, 0.4) is 0 Å². The number of hydrogen-bond acceptors (Lipinski definition) is 5. The number of hydrogen-bond donors (Lipinski definition) is 1. The van der Waals surface area contributed by atoms with E-state index in [1.165, 1.54) is 17.7 Å². The maximum Gasteiger partial charge on any atom is 0.339 e. The zero-order valence-electron chi connectivity index (χ0n) is 22.3. The fourth-order valence-corrected chi connectivity index (χ4v) is 4.43. The van der Waals surface area contributed by atoms with E-state index < -0.39 is 5.97 Å². The Balaban J connectivity index is 1.53. The van der Waals surface area contributed by atoms with Crippen LogP contribution in [0, 0.1) is 0 Å². The molecule has 40 heavy (non-hydrogen) atoms. The molecule has 0 saturated carbocycles. The van der Waals surface area contributed by atoms with Gasteiger partial charge in [-0.15, -0.1) is 0 Å². The van der Waals surface area contributed by atoms with Crippen LogP contribution in [0.2, 0.25) is 5.02 Å². The average molecular weight is 560 g/mol. The van der Waals surface area contributed by atoms with E-state index in [1.807, 2.05) is 30.3 Å². The first-order valence-electron chi connectivity index (χ1n) is 12.7. The van der Waals surface area contributed by atoms with E-state index in [1.54, 1.807) is 55.5 Å². The van der Waals surface area contributed by atoms with E-state index >= 15 is 0 Å². The number of carboxylic acid groups (broad SMARTS) is 1. The molecule has 0 aliphatic rings. The Morgan fingerprint density at radius 2 is 1.48 bits per heavy atom. The van der Waals surface area contributed by atoms with Gasteiger partial charge in [0, 0.05) is 29.7 Å². The third-order valence-corrected chi connectivity index (χ3v) is 6.55. The molecule has 4 rings (SSSR count). The molecule has 8 heteroatoms. The van der Waals surface area contributed by atoms with Crippen LogP contribution in [0.15, 0.2) is 91.0 Å². The van der Waals surface area contributed by atoms with Crippen LogP contribution in [0.4, 0.5) is 0 Å². The summed E-state index contributed by atoms with van der Waals surface area (Å²) in [5, 5.41) is 9.79. The molecular formula is C32H30ClNO6. The van der Waals surface area contributed by atoms with Crippen molar-refractivity contribution in [2.45, 2.75) is 19.4 Å². The van der Waals surface area contributed by atoms with Crippen LogP contribution in [0.5, 0.6) is 23.0 Å². The smallest absolute Gasteiger partial charge is 0.339 e. The van der Waals surface area contributed by atoms with Gasteiger partial charge in [0.25, 0.3) is 5.91 Å². The quantitative estimate of drug-likeness (QED) is 0.199. The molecule has 4 aromatic carbocycles. The number of methoxy groups -OCH3 is 2. The lowest BCUT2D eigenvalue weighted by Gasteiger charge is -2.24. The highest BCUT2D eigenvalue weighted by molar-refractivity contribution is 6.31. The molecular weight excluding hydrogens is 530 g/mol. The van der Waals surface area contributed by atoms with Crippen LogP contribution in [0.1, 0.15) is 38.3 Å². The average Bonchev–Trinajstić information content (AvgIpc) is 2.98. The normalized spacial score (nSPS) is 10.6. The third-order valence-electron chi connectivity index (χ3n) is 6.32. The van der Waals surface area contributed by atoms with Crippen molar-refractivity contribution < 1.29 is 28.9 Å². The number of halogens is 1. The summed E-state index contributed by atoms with van der Waals surface area (Å²) < 4.78 is 16.6. The predicted molar refractivity (Wildman–Crippen MR) is 154 cm³/mol. The lowest BCUT2D eigenvalue weighted by atomic mass is 10.1. The molecule has 1 N–H and O–H groups in total. The SMILES string of the molecule is COc1cc(OC)cc(C(=O)N(CCCc2ccccc2)Cc2ccc(Oc3ccc(Cl)cc3C(=O)O)cc2)c1. The van der Waals surface area contributed by atoms with E-state index in [0.29, 0.717) is 40.9 Å². The molecule has 0 aromatic heterocycles. The summed E-state index contributed by atoms with van der Waals surface area (Å²) in [6.45, 7) is 0.910. The molecule has 0 fully saturated rings. The molecule has 206 valence electrons. The number of benzene rings is 4. The molecule has 0 radical (unpaired) electrons. The van der Waals surface area contributed by atoms with Crippen LogP contribution in [-0.2, 0) is 13.0 Å². The topological polar surface area (TPSA) is 85.3 Å². The number of carbonyl (C=O) groups excluding carboxylic acids is 1. The van der Waals surface area contributed by atoms with Crippen molar-refractivity contribution in [2.75, 3.05) is 20.8 Å². The highest BCUT2D eigenvalue weighted by Gasteiger charge is 2.19. The van der Waals surface area contributed by atoms with Crippen molar-refractivity contribution in [3.05, 3.63) is 118 Å². The monoisotopic (exact) mass is 559 g/mol. The molecule has 1 amide bonds. The number of nitrogens with zero attached hydrogens (tertiary/aromatic N) is 1. The summed E-state index contributed by atoms with van der Waals surface area (Å²) >= 11 is 5.94. The lowest BCUT2D eigenvalue weighted by Crippen LogP contribution is -2.32. The maximum absolute atomic E-state index is 13.7. The van der Waals surface area contributed by atoms with Crippen molar-refractivity contribution >= 4 is 23.5 Å². The Kier molecular flexibility index (Phi) is 9.65.